The molecule has 2 rings (SSSR count). The highest BCUT2D eigenvalue weighted by Crippen LogP contribution is 2.22. The molecule has 1 aliphatic heterocycles. The summed E-state index contributed by atoms with van der Waals surface area (Å²) >= 11 is 0. The lowest BCUT2D eigenvalue weighted by atomic mass is 10.1. The maximum Gasteiger partial charge on any atom is 0.108 e. The Balaban J connectivity index is 2.09. The van der Waals surface area contributed by atoms with E-state index in [2.05, 4.69) is 22.7 Å². The summed E-state index contributed by atoms with van der Waals surface area (Å²) in [4.78, 5) is 4.40. The van der Waals surface area contributed by atoms with E-state index in [1.165, 1.54) is 12.2 Å². The Morgan fingerprint density at radius 1 is 1.50 bits per heavy atom. The number of nitrogens with zero attached hydrogens (tertiary/aromatic N) is 2. The molecule has 0 radical (unpaired) electrons. The van der Waals surface area contributed by atoms with Gasteiger partial charge in [-0.15, -0.1) is 0 Å². The summed E-state index contributed by atoms with van der Waals surface area (Å²) in [6.07, 6.45) is 8.55. The van der Waals surface area contributed by atoms with Crippen molar-refractivity contribution >= 4 is 0 Å². The summed E-state index contributed by atoms with van der Waals surface area (Å²) in [6, 6.07) is 0.618. The first-order valence-electron chi connectivity index (χ1n) is 5.51. The summed E-state index contributed by atoms with van der Waals surface area (Å²) in [5.74, 6) is 1.24. The van der Waals surface area contributed by atoms with Crippen LogP contribution in [0.2, 0.25) is 0 Å². The van der Waals surface area contributed by atoms with E-state index < -0.39 is 0 Å². The summed E-state index contributed by atoms with van der Waals surface area (Å²) < 4.78 is 7.70. The lowest BCUT2D eigenvalue weighted by Crippen LogP contribution is -2.20. The van der Waals surface area contributed by atoms with Gasteiger partial charge in [0.25, 0.3) is 0 Å². The first kappa shape index (κ1) is 9.71. The quantitative estimate of drug-likeness (QED) is 0.737. The molecule has 3 heteroatoms. The molecule has 0 amide bonds. The van der Waals surface area contributed by atoms with E-state index in [-0.39, 0.29) is 0 Å². The molecule has 78 valence electrons. The minimum absolute atomic E-state index is 0.618. The second-order valence-corrected chi connectivity index (χ2v) is 3.84. The Morgan fingerprint density at radius 2 is 2.29 bits per heavy atom. The van der Waals surface area contributed by atoms with Crippen LogP contribution in [0.1, 0.15) is 38.1 Å². The minimum Gasteiger partial charge on any atom is -0.381 e. The predicted molar refractivity (Wildman–Crippen MR) is 55.3 cm³/mol. The monoisotopic (exact) mass is 194 g/mol. The molecule has 0 atom stereocenters. The zero-order chi connectivity index (χ0) is 9.80. The maximum absolute atomic E-state index is 5.36. The first-order valence-corrected chi connectivity index (χ1v) is 5.51. The SMILES string of the molecule is CCCc1nccn1C1CCOCC1. The molecule has 1 aromatic rings. The Labute approximate surface area is 85.1 Å². The molecular weight excluding hydrogens is 176 g/mol. The third-order valence-electron chi connectivity index (χ3n) is 2.81. The minimum atomic E-state index is 0.618. The van der Waals surface area contributed by atoms with Crippen LogP contribution in [0.25, 0.3) is 0 Å². The molecule has 0 bridgehead atoms. The van der Waals surface area contributed by atoms with Crippen molar-refractivity contribution in [3.63, 3.8) is 0 Å². The lowest BCUT2D eigenvalue weighted by molar-refractivity contribution is 0.0688. The van der Waals surface area contributed by atoms with E-state index in [0.717, 1.165) is 32.5 Å². The molecule has 14 heavy (non-hydrogen) atoms. The van der Waals surface area contributed by atoms with Gasteiger partial charge in [-0.3, -0.25) is 0 Å². The van der Waals surface area contributed by atoms with Crippen LogP contribution < -0.4 is 0 Å². The van der Waals surface area contributed by atoms with Gasteiger partial charge in [0, 0.05) is 38.1 Å². The number of aryl methyl sites for hydroxylation is 1. The van der Waals surface area contributed by atoms with E-state index in [9.17, 15) is 0 Å². The van der Waals surface area contributed by atoms with Crippen molar-refractivity contribution in [3.8, 4) is 0 Å². The van der Waals surface area contributed by atoms with Crippen molar-refractivity contribution in [2.45, 2.75) is 38.6 Å². The van der Waals surface area contributed by atoms with Crippen molar-refractivity contribution in [1.82, 2.24) is 9.55 Å². The average Bonchev–Trinajstić information content (AvgIpc) is 2.68. The van der Waals surface area contributed by atoms with Gasteiger partial charge in [0.05, 0.1) is 0 Å². The highest BCUT2D eigenvalue weighted by molar-refractivity contribution is 4.96. The van der Waals surface area contributed by atoms with Crippen LogP contribution in [0.15, 0.2) is 12.4 Å². The number of hydrogen-bond donors (Lipinski definition) is 0. The Kier molecular flexibility index (Phi) is 3.19. The molecule has 3 nitrogen and oxygen atoms in total. The molecule has 0 unspecified atom stereocenters. The van der Waals surface area contributed by atoms with Crippen molar-refractivity contribution < 1.29 is 4.74 Å². The molecule has 2 heterocycles. The molecule has 0 aromatic carbocycles. The Morgan fingerprint density at radius 3 is 3.00 bits per heavy atom. The largest absolute Gasteiger partial charge is 0.381 e. The molecule has 1 aromatic heterocycles. The second kappa shape index (κ2) is 4.60. The van der Waals surface area contributed by atoms with Crippen molar-refractivity contribution in [2.75, 3.05) is 13.2 Å². The van der Waals surface area contributed by atoms with Gasteiger partial charge in [-0.25, -0.2) is 4.98 Å². The fourth-order valence-electron chi connectivity index (χ4n) is 2.06. The normalized spacial score (nSPS) is 18.6. The molecule has 0 N–H and O–H groups in total. The van der Waals surface area contributed by atoms with Crippen LogP contribution in [-0.2, 0) is 11.2 Å². The van der Waals surface area contributed by atoms with Gasteiger partial charge in [-0.1, -0.05) is 6.92 Å². The summed E-state index contributed by atoms with van der Waals surface area (Å²) in [7, 11) is 0. The number of hydrogen-bond acceptors (Lipinski definition) is 2. The van der Waals surface area contributed by atoms with Crippen molar-refractivity contribution in [1.29, 1.82) is 0 Å². The van der Waals surface area contributed by atoms with Gasteiger partial charge >= 0.3 is 0 Å². The van der Waals surface area contributed by atoms with Gasteiger partial charge in [-0.05, 0) is 19.3 Å². The lowest BCUT2D eigenvalue weighted by Gasteiger charge is -2.24. The van der Waals surface area contributed by atoms with Crippen LogP contribution in [-0.4, -0.2) is 22.8 Å². The third kappa shape index (κ3) is 1.98. The molecule has 1 saturated heterocycles. The number of imidazole rings is 1. The number of aromatic nitrogens is 2. The Hall–Kier alpha value is -0.830. The zero-order valence-electron chi connectivity index (χ0n) is 8.78. The standard InChI is InChI=1S/C11H18N2O/c1-2-3-11-12-6-7-13(11)10-4-8-14-9-5-10/h6-7,10H,2-5,8-9H2,1H3. The van der Waals surface area contributed by atoms with Crippen LogP contribution in [0.3, 0.4) is 0 Å². The average molecular weight is 194 g/mol. The smallest absolute Gasteiger partial charge is 0.108 e. The van der Waals surface area contributed by atoms with Gasteiger partial charge in [0.2, 0.25) is 0 Å². The van der Waals surface area contributed by atoms with Crippen LogP contribution >= 0.6 is 0 Å². The van der Waals surface area contributed by atoms with Gasteiger partial charge in [-0.2, -0.15) is 0 Å². The number of ether oxygens (including phenoxy) is 1. The fraction of sp³-hybridized carbons (Fsp3) is 0.727. The molecule has 1 aliphatic rings. The molecular formula is C11H18N2O. The molecule has 0 spiro atoms. The fourth-order valence-corrected chi connectivity index (χ4v) is 2.06. The van der Waals surface area contributed by atoms with Crippen molar-refractivity contribution in [3.05, 3.63) is 18.2 Å². The zero-order valence-corrected chi connectivity index (χ0v) is 8.78. The van der Waals surface area contributed by atoms with E-state index >= 15 is 0 Å². The molecule has 0 saturated carbocycles. The van der Waals surface area contributed by atoms with E-state index in [4.69, 9.17) is 4.74 Å². The van der Waals surface area contributed by atoms with Gasteiger partial charge in [0.1, 0.15) is 5.82 Å². The topological polar surface area (TPSA) is 27.1 Å². The highest BCUT2D eigenvalue weighted by Gasteiger charge is 2.17. The second-order valence-electron chi connectivity index (χ2n) is 3.84. The van der Waals surface area contributed by atoms with E-state index in [1.807, 2.05) is 6.20 Å². The van der Waals surface area contributed by atoms with Crippen LogP contribution in [0.5, 0.6) is 0 Å². The summed E-state index contributed by atoms with van der Waals surface area (Å²) in [5.41, 5.74) is 0. The summed E-state index contributed by atoms with van der Waals surface area (Å²) in [5, 5.41) is 0. The van der Waals surface area contributed by atoms with Gasteiger partial charge in [0.15, 0.2) is 0 Å². The van der Waals surface area contributed by atoms with Crippen LogP contribution in [0.4, 0.5) is 0 Å². The summed E-state index contributed by atoms with van der Waals surface area (Å²) in [6.45, 7) is 3.99. The molecule has 1 fully saturated rings. The maximum atomic E-state index is 5.36. The predicted octanol–water partition coefficient (Wildman–Crippen LogP) is 2.19. The van der Waals surface area contributed by atoms with Crippen molar-refractivity contribution in [2.24, 2.45) is 0 Å². The number of rotatable bonds is 3. The first-order chi connectivity index (χ1) is 6.92. The highest BCUT2D eigenvalue weighted by atomic mass is 16.5. The third-order valence-corrected chi connectivity index (χ3v) is 2.81. The van der Waals surface area contributed by atoms with Gasteiger partial charge < -0.3 is 9.30 Å². The molecule has 0 aliphatic carbocycles. The van der Waals surface area contributed by atoms with E-state index in [0.29, 0.717) is 6.04 Å². The van der Waals surface area contributed by atoms with Crippen LogP contribution in [0, 0.1) is 0 Å². The Bertz CT molecular complexity index is 277. The van der Waals surface area contributed by atoms with E-state index in [1.54, 1.807) is 0 Å².